The van der Waals surface area contributed by atoms with Gasteiger partial charge in [0.1, 0.15) is 0 Å². The topological polar surface area (TPSA) is 12.0 Å². The van der Waals surface area contributed by atoms with Crippen LogP contribution in [0.15, 0.2) is 9.85 Å². The maximum Gasteiger partial charge on any atom is 0.0704 e. The fourth-order valence-corrected chi connectivity index (χ4v) is 5.21. The number of rotatable bonds is 4. The first-order chi connectivity index (χ1) is 8.13. The van der Waals surface area contributed by atoms with Crippen molar-refractivity contribution in [3.8, 4) is 0 Å². The number of hydrogen-bond donors (Lipinski definition) is 1. The lowest BCUT2D eigenvalue weighted by Crippen LogP contribution is -2.34. The van der Waals surface area contributed by atoms with E-state index < -0.39 is 0 Å². The molecule has 0 spiro atoms. The van der Waals surface area contributed by atoms with Crippen molar-refractivity contribution in [1.82, 2.24) is 5.32 Å². The molecule has 1 fully saturated rings. The molecule has 1 aliphatic carbocycles. The second-order valence-electron chi connectivity index (χ2n) is 5.21. The van der Waals surface area contributed by atoms with Gasteiger partial charge in [0, 0.05) is 10.9 Å². The summed E-state index contributed by atoms with van der Waals surface area (Å²) in [6.07, 6.45) is 6.84. The Morgan fingerprint density at radius 3 is 2.53 bits per heavy atom. The van der Waals surface area contributed by atoms with E-state index in [2.05, 4.69) is 48.2 Å². The zero-order valence-electron chi connectivity index (χ0n) is 11.0. The molecule has 1 aromatic heterocycles. The smallest absolute Gasteiger partial charge is 0.0704 e. The summed E-state index contributed by atoms with van der Waals surface area (Å²) in [5, 5.41) is 3.59. The molecule has 1 N–H and O–H groups in total. The van der Waals surface area contributed by atoms with Crippen LogP contribution in [0.5, 0.6) is 0 Å². The maximum absolute atomic E-state index is 3.62. The van der Waals surface area contributed by atoms with E-state index in [9.17, 15) is 0 Å². The number of hydrogen-bond acceptors (Lipinski definition) is 2. The Kier molecular flexibility index (Phi) is 4.32. The van der Waals surface area contributed by atoms with Crippen LogP contribution in [0.3, 0.4) is 0 Å². The normalized spacial score (nSPS) is 20.7. The highest BCUT2D eigenvalue weighted by atomic mass is 79.9. The second kappa shape index (κ2) is 5.41. The molecule has 1 atom stereocenters. The molecule has 0 aromatic carbocycles. The van der Waals surface area contributed by atoms with Gasteiger partial charge in [0.05, 0.1) is 3.79 Å². The first kappa shape index (κ1) is 13.6. The Morgan fingerprint density at radius 2 is 2.12 bits per heavy atom. The van der Waals surface area contributed by atoms with Crippen molar-refractivity contribution in [3.05, 3.63) is 20.3 Å². The molecule has 3 heteroatoms. The minimum absolute atomic E-state index is 0.486. The second-order valence-corrected chi connectivity index (χ2v) is 7.84. The predicted molar refractivity (Wildman–Crippen MR) is 79.7 cm³/mol. The molecule has 0 saturated heterocycles. The van der Waals surface area contributed by atoms with Gasteiger partial charge >= 0.3 is 0 Å². The van der Waals surface area contributed by atoms with E-state index in [-0.39, 0.29) is 0 Å². The summed E-state index contributed by atoms with van der Waals surface area (Å²) in [6, 6.07) is 2.84. The van der Waals surface area contributed by atoms with Crippen LogP contribution in [0.1, 0.15) is 55.5 Å². The predicted octanol–water partition coefficient (Wildman–Crippen LogP) is 5.05. The van der Waals surface area contributed by atoms with Crippen molar-refractivity contribution in [2.45, 2.75) is 52.0 Å². The van der Waals surface area contributed by atoms with Crippen molar-refractivity contribution in [2.75, 3.05) is 7.05 Å². The van der Waals surface area contributed by atoms with Gasteiger partial charge in [0.25, 0.3) is 0 Å². The fourth-order valence-electron chi connectivity index (χ4n) is 3.46. The molecule has 0 amide bonds. The lowest BCUT2D eigenvalue weighted by Gasteiger charge is -2.37. The van der Waals surface area contributed by atoms with Crippen LogP contribution in [0.25, 0.3) is 0 Å². The van der Waals surface area contributed by atoms with Gasteiger partial charge in [-0.1, -0.05) is 19.8 Å². The molecule has 1 saturated carbocycles. The summed E-state index contributed by atoms with van der Waals surface area (Å²) in [6.45, 7) is 4.60. The molecule has 1 nitrogen and oxygen atoms in total. The van der Waals surface area contributed by atoms with Crippen LogP contribution < -0.4 is 5.32 Å². The Hall–Kier alpha value is 0.140. The highest BCUT2D eigenvalue weighted by molar-refractivity contribution is 9.11. The summed E-state index contributed by atoms with van der Waals surface area (Å²) in [5.41, 5.74) is 1.99. The minimum atomic E-state index is 0.486. The van der Waals surface area contributed by atoms with E-state index in [1.165, 1.54) is 46.3 Å². The number of thiophene rings is 1. The molecule has 0 aliphatic heterocycles. The fraction of sp³-hybridized carbons (Fsp3) is 0.714. The third kappa shape index (κ3) is 2.47. The average Bonchev–Trinajstić information content (AvgIpc) is 2.89. The zero-order chi connectivity index (χ0) is 12.5. The van der Waals surface area contributed by atoms with E-state index in [4.69, 9.17) is 0 Å². The van der Waals surface area contributed by atoms with Crippen molar-refractivity contribution in [1.29, 1.82) is 0 Å². The summed E-state index contributed by atoms with van der Waals surface area (Å²) in [7, 11) is 2.12. The van der Waals surface area contributed by atoms with Crippen LogP contribution >= 0.6 is 27.3 Å². The quantitative estimate of drug-likeness (QED) is 0.819. The van der Waals surface area contributed by atoms with Gasteiger partial charge in [0.2, 0.25) is 0 Å². The molecule has 2 rings (SSSR count). The molecule has 1 aromatic rings. The third-order valence-corrected chi connectivity index (χ3v) is 6.01. The van der Waals surface area contributed by atoms with Gasteiger partial charge in [-0.25, -0.2) is 0 Å². The molecular weight excluding hydrogens is 294 g/mol. The molecular formula is C14H22BrNS. The zero-order valence-corrected chi connectivity index (χ0v) is 13.4. The van der Waals surface area contributed by atoms with E-state index >= 15 is 0 Å². The van der Waals surface area contributed by atoms with E-state index in [1.54, 1.807) is 0 Å². The molecule has 0 bridgehead atoms. The largest absolute Gasteiger partial charge is 0.312 e. The number of aryl methyl sites for hydroxylation is 1. The Labute approximate surface area is 117 Å². The van der Waals surface area contributed by atoms with Gasteiger partial charge in [-0.05, 0) is 66.2 Å². The lowest BCUT2D eigenvalue weighted by atomic mass is 9.73. The molecule has 1 aliphatic rings. The van der Waals surface area contributed by atoms with Crippen LogP contribution in [0.4, 0.5) is 0 Å². The average molecular weight is 316 g/mol. The lowest BCUT2D eigenvalue weighted by molar-refractivity contribution is 0.195. The SMILES string of the molecule is CCC1(C(NC)c2cc(Br)sc2C)CCCC1. The molecule has 1 unspecified atom stereocenters. The van der Waals surface area contributed by atoms with Crippen molar-refractivity contribution < 1.29 is 0 Å². The van der Waals surface area contributed by atoms with E-state index in [1.807, 2.05) is 11.3 Å². The van der Waals surface area contributed by atoms with Crippen LogP contribution in [0.2, 0.25) is 0 Å². The maximum atomic E-state index is 3.62. The Bertz CT molecular complexity index is 380. The Morgan fingerprint density at radius 1 is 1.47 bits per heavy atom. The van der Waals surface area contributed by atoms with Crippen LogP contribution in [-0.2, 0) is 0 Å². The van der Waals surface area contributed by atoms with Gasteiger partial charge in [0.15, 0.2) is 0 Å². The minimum Gasteiger partial charge on any atom is -0.312 e. The van der Waals surface area contributed by atoms with E-state index in [0.29, 0.717) is 11.5 Å². The molecule has 0 radical (unpaired) electrons. The summed E-state index contributed by atoms with van der Waals surface area (Å²) in [5.74, 6) is 0. The monoisotopic (exact) mass is 315 g/mol. The summed E-state index contributed by atoms with van der Waals surface area (Å²) >= 11 is 5.48. The standard InChI is InChI=1S/C14H22BrNS/c1-4-14(7-5-6-8-14)13(16-3)11-9-12(15)17-10(11)2/h9,13,16H,4-8H2,1-3H3. The molecule has 17 heavy (non-hydrogen) atoms. The van der Waals surface area contributed by atoms with Gasteiger partial charge in [-0.2, -0.15) is 0 Å². The molecule has 96 valence electrons. The van der Waals surface area contributed by atoms with Gasteiger partial charge in [-0.3, -0.25) is 0 Å². The first-order valence-electron chi connectivity index (χ1n) is 6.56. The summed E-state index contributed by atoms with van der Waals surface area (Å²) < 4.78 is 1.26. The van der Waals surface area contributed by atoms with Gasteiger partial charge in [-0.15, -0.1) is 11.3 Å². The first-order valence-corrected chi connectivity index (χ1v) is 8.17. The highest BCUT2D eigenvalue weighted by Crippen LogP contribution is 2.51. The van der Waals surface area contributed by atoms with Crippen molar-refractivity contribution in [2.24, 2.45) is 5.41 Å². The third-order valence-electron chi connectivity index (χ3n) is 4.44. The van der Waals surface area contributed by atoms with Crippen LogP contribution in [-0.4, -0.2) is 7.05 Å². The van der Waals surface area contributed by atoms with Crippen LogP contribution in [0, 0.1) is 12.3 Å². The van der Waals surface area contributed by atoms with Gasteiger partial charge < -0.3 is 5.32 Å². The number of nitrogens with one attached hydrogen (secondary N) is 1. The Balaban J connectivity index is 2.35. The number of halogens is 1. The highest BCUT2D eigenvalue weighted by Gasteiger charge is 2.40. The summed E-state index contributed by atoms with van der Waals surface area (Å²) in [4.78, 5) is 1.45. The van der Waals surface area contributed by atoms with E-state index in [0.717, 1.165) is 0 Å². The molecule has 1 heterocycles. The van der Waals surface area contributed by atoms with Crippen molar-refractivity contribution in [3.63, 3.8) is 0 Å². The van der Waals surface area contributed by atoms with Crippen molar-refractivity contribution >= 4 is 27.3 Å².